The van der Waals surface area contributed by atoms with Gasteiger partial charge in [-0.3, -0.25) is 0 Å². The molecule has 0 saturated carbocycles. The third-order valence-corrected chi connectivity index (χ3v) is 7.87. The first-order valence-electron chi connectivity index (χ1n) is 18.5. The van der Waals surface area contributed by atoms with Gasteiger partial charge in [0.05, 0.1) is 0 Å². The Kier molecular flexibility index (Phi) is 23.4. The van der Waals surface area contributed by atoms with E-state index in [0.29, 0.717) is 6.79 Å². The maximum Gasteiger partial charge on any atom is 0.231 e. The molecule has 0 saturated heterocycles. The van der Waals surface area contributed by atoms with E-state index >= 15 is 0 Å². The summed E-state index contributed by atoms with van der Waals surface area (Å²) in [4.78, 5) is 2.36. The summed E-state index contributed by atoms with van der Waals surface area (Å²) >= 11 is 0. The monoisotopic (exact) mass is 640 g/mol. The van der Waals surface area contributed by atoms with E-state index in [1.165, 1.54) is 69.0 Å². The van der Waals surface area contributed by atoms with Crippen molar-refractivity contribution >= 4 is 0 Å². The first-order valence-corrected chi connectivity index (χ1v) is 18.5. The van der Waals surface area contributed by atoms with E-state index in [0.717, 1.165) is 18.0 Å². The zero-order chi connectivity index (χ0) is 34.7. The number of nitrogens with zero attached hydrogens (tertiary/aromatic N) is 1. The number of fused-ring (bicyclic) bond motifs is 4. The van der Waals surface area contributed by atoms with Crippen LogP contribution in [0.2, 0.25) is 0 Å². The quantitative estimate of drug-likeness (QED) is 0.191. The summed E-state index contributed by atoms with van der Waals surface area (Å²) in [6.45, 7) is 18.7. The van der Waals surface area contributed by atoms with Gasteiger partial charge in [0.1, 0.15) is 0 Å². The van der Waals surface area contributed by atoms with Crippen LogP contribution in [-0.2, 0) is 38.6 Å². The molecule has 0 spiro atoms. The van der Waals surface area contributed by atoms with Crippen molar-refractivity contribution in [3.8, 4) is 11.5 Å². The predicted molar refractivity (Wildman–Crippen MR) is 206 cm³/mol. The summed E-state index contributed by atoms with van der Waals surface area (Å²) in [6, 6.07) is 33.9. The molecule has 0 atom stereocenters. The molecule has 0 fully saturated rings. The minimum atomic E-state index is 0.360. The summed E-state index contributed by atoms with van der Waals surface area (Å²) in [5.41, 5.74) is 9.32. The van der Waals surface area contributed by atoms with Crippen molar-refractivity contribution in [3.63, 3.8) is 0 Å². The van der Waals surface area contributed by atoms with E-state index < -0.39 is 0 Å². The van der Waals surface area contributed by atoms with Crippen LogP contribution in [0.4, 0.5) is 0 Å². The van der Waals surface area contributed by atoms with Crippen molar-refractivity contribution in [3.05, 3.63) is 130 Å². The molecule has 2 aliphatic heterocycles. The summed E-state index contributed by atoms with van der Waals surface area (Å²) in [6.07, 6.45) is 10.6. The number of likely N-dealkylation sites (N-methyl/N-ethyl adjacent to an activating group) is 1. The summed E-state index contributed by atoms with van der Waals surface area (Å²) < 4.78 is 10.2. The Morgan fingerprint density at radius 2 is 0.723 bits per heavy atom. The second-order valence-electron chi connectivity index (χ2n) is 10.7. The van der Waals surface area contributed by atoms with Gasteiger partial charge in [0.15, 0.2) is 11.5 Å². The Morgan fingerprint density at radius 3 is 1.13 bits per heavy atom. The van der Waals surface area contributed by atoms with Crippen LogP contribution in [-0.4, -0.2) is 25.3 Å². The number of ether oxygens (including phenoxy) is 2. The molecule has 4 aliphatic rings. The minimum Gasteiger partial charge on any atom is -0.454 e. The molecule has 0 bridgehead atoms. The lowest BCUT2D eigenvalue weighted by atomic mass is 9.92. The Balaban J connectivity index is 0.000000293. The standard InChI is InChI=1S/C10H13N.C10H12.C9H10.C7H6O2.4C2H6/c1-11-7-6-9-4-2-3-5-10(9)8-11;1-2-6-10-8-4-3-7-9(10)5-1;1-2-5-9-7-3-6-8(9)4-1;1-2-4-7-6(3-1)8-5-9-7;4*1-2/h2-5H,6-8H2,1H3;1-2,5-6H,3-4,7-8H2;1-2,4-5H,3,6-7H2;1-4H,5H2;4*1-2H3. The Labute approximate surface area is 289 Å². The zero-order valence-electron chi connectivity index (χ0n) is 31.3. The maximum atomic E-state index is 5.08. The topological polar surface area (TPSA) is 21.7 Å². The maximum absolute atomic E-state index is 5.08. The highest BCUT2D eigenvalue weighted by atomic mass is 16.7. The number of hydrogen-bond donors (Lipinski definition) is 0. The van der Waals surface area contributed by atoms with Gasteiger partial charge in [-0.25, -0.2) is 0 Å². The highest BCUT2D eigenvalue weighted by Gasteiger charge is 2.11. The Bertz CT molecular complexity index is 1210. The molecule has 3 nitrogen and oxygen atoms in total. The first kappa shape index (κ1) is 41.5. The molecule has 8 rings (SSSR count). The highest BCUT2D eigenvalue weighted by Crippen LogP contribution is 2.30. The molecule has 0 aromatic heterocycles. The second kappa shape index (κ2) is 26.5. The van der Waals surface area contributed by atoms with Gasteiger partial charge >= 0.3 is 0 Å². The number of hydrogen-bond acceptors (Lipinski definition) is 3. The van der Waals surface area contributed by atoms with E-state index in [1.807, 2.05) is 79.7 Å². The fourth-order valence-corrected chi connectivity index (χ4v) is 5.67. The van der Waals surface area contributed by atoms with Gasteiger partial charge in [-0.2, -0.15) is 0 Å². The van der Waals surface area contributed by atoms with Crippen LogP contribution >= 0.6 is 0 Å². The molecule has 47 heavy (non-hydrogen) atoms. The first-order chi connectivity index (χ1) is 23.3. The van der Waals surface area contributed by atoms with E-state index in [1.54, 1.807) is 22.3 Å². The lowest BCUT2D eigenvalue weighted by Crippen LogP contribution is -2.26. The van der Waals surface area contributed by atoms with Crippen LogP contribution in [0.3, 0.4) is 0 Å². The fraction of sp³-hybridized carbons (Fsp3) is 0.455. The number of benzene rings is 4. The molecule has 4 aromatic carbocycles. The van der Waals surface area contributed by atoms with Crippen molar-refractivity contribution in [2.24, 2.45) is 0 Å². The van der Waals surface area contributed by atoms with Gasteiger partial charge in [-0.05, 0) is 104 Å². The summed E-state index contributed by atoms with van der Waals surface area (Å²) in [7, 11) is 2.18. The predicted octanol–water partition coefficient (Wildman–Crippen LogP) is 11.9. The largest absolute Gasteiger partial charge is 0.454 e. The van der Waals surface area contributed by atoms with E-state index in [-0.39, 0.29) is 0 Å². The Hall–Kier alpha value is -3.56. The number of aryl methyl sites for hydroxylation is 4. The Morgan fingerprint density at radius 1 is 0.404 bits per heavy atom. The molecule has 0 unspecified atom stereocenters. The zero-order valence-corrected chi connectivity index (χ0v) is 31.3. The average molecular weight is 640 g/mol. The molecule has 3 heteroatoms. The molecule has 2 heterocycles. The SMILES string of the molecule is CC.CC.CC.CC.CN1CCc2ccccc2C1.c1ccc2c(c1)CCC2.c1ccc2c(c1)CCCC2.c1ccc2c(c1)OCO2. The van der Waals surface area contributed by atoms with Gasteiger partial charge < -0.3 is 14.4 Å². The van der Waals surface area contributed by atoms with Crippen LogP contribution in [0, 0.1) is 0 Å². The lowest BCUT2D eigenvalue weighted by molar-refractivity contribution is 0.174. The molecule has 0 radical (unpaired) electrons. The van der Waals surface area contributed by atoms with E-state index in [4.69, 9.17) is 9.47 Å². The van der Waals surface area contributed by atoms with Gasteiger partial charge in [-0.15, -0.1) is 0 Å². The van der Waals surface area contributed by atoms with Crippen LogP contribution in [0.15, 0.2) is 97.1 Å². The minimum absolute atomic E-state index is 0.360. The smallest absolute Gasteiger partial charge is 0.231 e. The summed E-state index contributed by atoms with van der Waals surface area (Å²) in [5.74, 6) is 1.69. The van der Waals surface area contributed by atoms with Crippen LogP contribution in [0.25, 0.3) is 0 Å². The van der Waals surface area contributed by atoms with Crippen molar-refractivity contribution in [2.45, 2.75) is 113 Å². The normalized spacial score (nSPS) is 13.8. The van der Waals surface area contributed by atoms with Gasteiger partial charge in [0.2, 0.25) is 6.79 Å². The van der Waals surface area contributed by atoms with Crippen molar-refractivity contribution in [1.82, 2.24) is 4.90 Å². The molecule has 0 N–H and O–H groups in total. The van der Waals surface area contributed by atoms with Crippen LogP contribution in [0.1, 0.15) is 108 Å². The molecule has 2 aliphatic carbocycles. The van der Waals surface area contributed by atoms with Gasteiger partial charge in [0, 0.05) is 13.1 Å². The molecular weight excluding hydrogens is 574 g/mol. The van der Waals surface area contributed by atoms with Crippen LogP contribution in [0.5, 0.6) is 11.5 Å². The van der Waals surface area contributed by atoms with Crippen molar-refractivity contribution in [2.75, 3.05) is 20.4 Å². The number of para-hydroxylation sites is 2. The van der Waals surface area contributed by atoms with Gasteiger partial charge in [-0.1, -0.05) is 140 Å². The average Bonchev–Trinajstić information content (AvgIpc) is 3.86. The third kappa shape index (κ3) is 14.8. The van der Waals surface area contributed by atoms with E-state index in [2.05, 4.69) is 84.7 Å². The number of rotatable bonds is 0. The molecular formula is C44H65NO2. The van der Waals surface area contributed by atoms with E-state index in [9.17, 15) is 0 Å². The molecule has 258 valence electrons. The van der Waals surface area contributed by atoms with Crippen molar-refractivity contribution in [1.29, 1.82) is 0 Å². The summed E-state index contributed by atoms with van der Waals surface area (Å²) in [5, 5.41) is 0. The fourth-order valence-electron chi connectivity index (χ4n) is 5.67. The van der Waals surface area contributed by atoms with Gasteiger partial charge in [0.25, 0.3) is 0 Å². The molecule has 4 aromatic rings. The highest BCUT2D eigenvalue weighted by molar-refractivity contribution is 5.41. The molecule has 0 amide bonds. The second-order valence-corrected chi connectivity index (χ2v) is 10.7. The van der Waals surface area contributed by atoms with Crippen molar-refractivity contribution < 1.29 is 9.47 Å². The van der Waals surface area contributed by atoms with Crippen LogP contribution < -0.4 is 9.47 Å². The lowest BCUT2D eigenvalue weighted by Gasteiger charge is -2.24. The third-order valence-electron chi connectivity index (χ3n) is 7.87.